The van der Waals surface area contributed by atoms with E-state index in [0.29, 0.717) is 11.6 Å². The lowest BCUT2D eigenvalue weighted by Crippen LogP contribution is -2.05. The number of fused-ring (bicyclic) bond motifs is 2. The van der Waals surface area contributed by atoms with Crippen LogP contribution < -0.4 is 5.32 Å². The van der Waals surface area contributed by atoms with Crippen LogP contribution in [0.5, 0.6) is 0 Å². The highest BCUT2D eigenvalue weighted by Gasteiger charge is 2.24. The van der Waals surface area contributed by atoms with Crippen LogP contribution in [0, 0.1) is 0 Å². The molecule has 3 aromatic carbocycles. The predicted molar refractivity (Wildman–Crippen MR) is 107 cm³/mol. The van der Waals surface area contributed by atoms with Gasteiger partial charge in [0.25, 0.3) is 0 Å². The van der Waals surface area contributed by atoms with Gasteiger partial charge < -0.3 is 10.1 Å². The summed E-state index contributed by atoms with van der Waals surface area (Å²) in [6.07, 6.45) is 1.76. The molecule has 0 unspecified atom stereocenters. The largest absolute Gasteiger partial charge is 0.402 e. The second-order valence-corrected chi connectivity index (χ2v) is 7.26. The van der Waals surface area contributed by atoms with E-state index >= 15 is 0 Å². The molecule has 0 radical (unpaired) electrons. The van der Waals surface area contributed by atoms with Crippen molar-refractivity contribution in [2.24, 2.45) is 4.99 Å². The van der Waals surface area contributed by atoms with Gasteiger partial charge in [-0.1, -0.05) is 48.2 Å². The molecule has 2 aliphatic rings. The van der Waals surface area contributed by atoms with E-state index in [9.17, 15) is 4.79 Å². The molecule has 2 aliphatic heterocycles. The molecule has 0 aromatic heterocycles. The first-order valence-corrected chi connectivity index (χ1v) is 9.34. The van der Waals surface area contributed by atoms with E-state index in [4.69, 9.17) is 4.74 Å². The average molecular weight is 370 g/mol. The Morgan fingerprint density at radius 2 is 1.67 bits per heavy atom. The van der Waals surface area contributed by atoms with Gasteiger partial charge in [0.15, 0.2) is 5.70 Å². The number of aliphatic imine (C=N–C) groups is 1. The summed E-state index contributed by atoms with van der Waals surface area (Å²) in [6.45, 7) is 0. The molecule has 1 N–H and O–H groups in total. The molecule has 130 valence electrons. The van der Waals surface area contributed by atoms with Crippen molar-refractivity contribution < 1.29 is 9.53 Å². The van der Waals surface area contributed by atoms with Crippen LogP contribution in [0.2, 0.25) is 0 Å². The Labute approximate surface area is 160 Å². The zero-order chi connectivity index (χ0) is 18.2. The molecule has 27 heavy (non-hydrogen) atoms. The molecule has 0 spiro atoms. The highest BCUT2D eigenvalue weighted by molar-refractivity contribution is 7.99. The van der Waals surface area contributed by atoms with Crippen LogP contribution in [0.3, 0.4) is 0 Å². The third-order valence-corrected chi connectivity index (χ3v) is 5.48. The smallest absolute Gasteiger partial charge is 0.363 e. The molecule has 0 atom stereocenters. The minimum Gasteiger partial charge on any atom is -0.402 e. The van der Waals surface area contributed by atoms with Crippen LogP contribution in [0.15, 0.2) is 93.3 Å². The molecule has 4 nitrogen and oxygen atoms in total. The predicted octanol–water partition coefficient (Wildman–Crippen LogP) is 5.24. The van der Waals surface area contributed by atoms with Gasteiger partial charge >= 0.3 is 5.97 Å². The van der Waals surface area contributed by atoms with Crippen molar-refractivity contribution in [2.45, 2.75) is 9.79 Å². The summed E-state index contributed by atoms with van der Waals surface area (Å²) in [4.78, 5) is 18.9. The normalized spacial score (nSPS) is 16.2. The van der Waals surface area contributed by atoms with Crippen LogP contribution in [0.4, 0.5) is 11.4 Å². The fourth-order valence-electron chi connectivity index (χ4n) is 3.02. The van der Waals surface area contributed by atoms with Crippen molar-refractivity contribution in [3.05, 3.63) is 89.6 Å². The lowest BCUT2D eigenvalue weighted by molar-refractivity contribution is -0.129. The van der Waals surface area contributed by atoms with Gasteiger partial charge in [0.2, 0.25) is 5.90 Å². The van der Waals surface area contributed by atoms with Crippen molar-refractivity contribution in [2.75, 3.05) is 5.32 Å². The summed E-state index contributed by atoms with van der Waals surface area (Å²) in [6, 6.07) is 23.7. The average Bonchev–Trinajstić information content (AvgIpc) is 3.07. The molecule has 0 amide bonds. The number of ether oxygens (including phenoxy) is 1. The van der Waals surface area contributed by atoms with Gasteiger partial charge in [-0.2, -0.15) is 0 Å². The Balaban J connectivity index is 1.46. The third-order valence-electron chi connectivity index (χ3n) is 4.32. The number of cyclic esters (lactones) is 1. The van der Waals surface area contributed by atoms with E-state index in [-0.39, 0.29) is 0 Å². The number of para-hydroxylation sites is 1. The van der Waals surface area contributed by atoms with Crippen molar-refractivity contribution in [3.63, 3.8) is 0 Å². The molecular formula is C22H14N2O2S. The summed E-state index contributed by atoms with van der Waals surface area (Å²) in [5, 5.41) is 3.45. The Bertz CT molecular complexity index is 1120. The van der Waals surface area contributed by atoms with Crippen LogP contribution in [-0.4, -0.2) is 11.9 Å². The number of carbonyl (C=O) groups is 1. The molecule has 5 rings (SSSR count). The maximum absolute atomic E-state index is 12.2. The Kier molecular flexibility index (Phi) is 3.80. The van der Waals surface area contributed by atoms with E-state index < -0.39 is 5.97 Å². The summed E-state index contributed by atoms with van der Waals surface area (Å²) in [7, 11) is 0. The number of nitrogens with one attached hydrogen (secondary N) is 1. The number of nitrogens with zero attached hydrogens (tertiary/aromatic N) is 1. The van der Waals surface area contributed by atoms with E-state index in [1.54, 1.807) is 17.8 Å². The van der Waals surface area contributed by atoms with Crippen LogP contribution in [0.1, 0.15) is 11.1 Å². The first kappa shape index (κ1) is 15.9. The molecule has 0 aliphatic carbocycles. The maximum Gasteiger partial charge on any atom is 0.363 e. The molecule has 0 saturated heterocycles. The minimum absolute atomic E-state index is 0.303. The number of benzene rings is 3. The second-order valence-electron chi connectivity index (χ2n) is 6.18. The topological polar surface area (TPSA) is 50.7 Å². The van der Waals surface area contributed by atoms with E-state index in [1.165, 1.54) is 4.90 Å². The van der Waals surface area contributed by atoms with Crippen LogP contribution >= 0.6 is 11.8 Å². The quantitative estimate of drug-likeness (QED) is 0.387. The maximum atomic E-state index is 12.2. The molecule has 2 heterocycles. The van der Waals surface area contributed by atoms with Crippen molar-refractivity contribution in [3.8, 4) is 0 Å². The standard InChI is InChI=1S/C22H14N2O2S/c25-22-18(24-21(26-22)15-6-2-1-3-7-15)13-14-10-11-20-17(12-14)23-16-8-4-5-9-19(16)27-20/h1-13,23H. The first-order valence-electron chi connectivity index (χ1n) is 8.52. The number of rotatable bonds is 2. The molecular weight excluding hydrogens is 356 g/mol. The molecule has 0 fully saturated rings. The van der Waals surface area contributed by atoms with Gasteiger partial charge in [-0.15, -0.1) is 0 Å². The summed E-state index contributed by atoms with van der Waals surface area (Å²) in [5.41, 5.74) is 4.09. The Morgan fingerprint density at radius 3 is 2.56 bits per heavy atom. The van der Waals surface area contributed by atoms with Gasteiger partial charge in [0.05, 0.1) is 11.4 Å². The van der Waals surface area contributed by atoms with E-state index in [2.05, 4.69) is 28.5 Å². The first-order chi connectivity index (χ1) is 13.3. The lowest BCUT2D eigenvalue weighted by atomic mass is 10.1. The summed E-state index contributed by atoms with van der Waals surface area (Å²) in [5.74, 6) is -0.0910. The molecule has 0 saturated carbocycles. The molecule has 0 bridgehead atoms. The summed E-state index contributed by atoms with van der Waals surface area (Å²) < 4.78 is 5.31. The number of hydrogen-bond donors (Lipinski definition) is 1. The van der Waals surface area contributed by atoms with Gasteiger partial charge in [-0.05, 0) is 48.0 Å². The molecule has 3 aromatic rings. The number of carbonyl (C=O) groups excluding carboxylic acids is 1. The molecule has 5 heteroatoms. The van der Waals surface area contributed by atoms with E-state index in [0.717, 1.165) is 27.4 Å². The van der Waals surface area contributed by atoms with Crippen molar-refractivity contribution >= 4 is 41.1 Å². The van der Waals surface area contributed by atoms with Gasteiger partial charge in [0, 0.05) is 15.4 Å². The second kappa shape index (κ2) is 6.45. The highest BCUT2D eigenvalue weighted by Crippen LogP contribution is 2.44. The number of anilines is 2. The number of hydrogen-bond acceptors (Lipinski definition) is 5. The monoisotopic (exact) mass is 370 g/mol. The van der Waals surface area contributed by atoms with E-state index in [1.807, 2.05) is 54.6 Å². The van der Waals surface area contributed by atoms with Crippen molar-refractivity contribution in [1.82, 2.24) is 0 Å². The van der Waals surface area contributed by atoms with Crippen molar-refractivity contribution in [1.29, 1.82) is 0 Å². The zero-order valence-electron chi connectivity index (χ0n) is 14.2. The fourth-order valence-corrected chi connectivity index (χ4v) is 3.99. The van der Waals surface area contributed by atoms with Gasteiger partial charge in [-0.3, -0.25) is 0 Å². The zero-order valence-corrected chi connectivity index (χ0v) is 15.0. The Morgan fingerprint density at radius 1 is 0.889 bits per heavy atom. The van der Waals surface area contributed by atoms with Crippen LogP contribution in [-0.2, 0) is 9.53 Å². The Hall–Kier alpha value is -3.31. The minimum atomic E-state index is -0.431. The van der Waals surface area contributed by atoms with Gasteiger partial charge in [0.1, 0.15) is 0 Å². The summed E-state index contributed by atoms with van der Waals surface area (Å²) >= 11 is 1.73. The van der Waals surface area contributed by atoms with Gasteiger partial charge in [-0.25, -0.2) is 9.79 Å². The fraction of sp³-hybridized carbons (Fsp3) is 0. The SMILES string of the molecule is O=C1OC(c2ccccc2)=NC1=Cc1ccc2c(c1)Nc1ccccc1S2. The van der Waals surface area contributed by atoms with Crippen LogP contribution in [0.25, 0.3) is 6.08 Å². The highest BCUT2D eigenvalue weighted by atomic mass is 32.2. The third kappa shape index (κ3) is 3.02. The lowest BCUT2D eigenvalue weighted by Gasteiger charge is -2.20. The number of esters is 1.